The normalized spacial score (nSPS) is 23.1. The van der Waals surface area contributed by atoms with E-state index in [1.165, 1.54) is 4.90 Å². The van der Waals surface area contributed by atoms with Gasteiger partial charge in [-0.1, -0.05) is 60.8 Å². The van der Waals surface area contributed by atoms with E-state index in [0.29, 0.717) is 22.9 Å². The van der Waals surface area contributed by atoms with Gasteiger partial charge in [-0.25, -0.2) is 4.79 Å². The topological polar surface area (TPSA) is 66.8 Å². The lowest BCUT2D eigenvalue weighted by Gasteiger charge is -2.50. The van der Waals surface area contributed by atoms with E-state index in [1.807, 2.05) is 26.0 Å². The third kappa shape index (κ3) is 4.27. The van der Waals surface area contributed by atoms with Crippen molar-refractivity contribution < 1.29 is 19.4 Å². The van der Waals surface area contributed by atoms with E-state index in [-0.39, 0.29) is 12.5 Å². The molecule has 2 aromatic carbocycles. The smallest absolute Gasteiger partial charge is 0.326 e. The molecule has 0 saturated carbocycles. The summed E-state index contributed by atoms with van der Waals surface area (Å²) >= 11 is 12.3. The average Bonchev–Trinajstić information content (AvgIpc) is 2.69. The standard InChI is InChI=1S/C22H23Cl2NO4/c1-3-5-18(21(27)28)25-19(26)13-29-22(2,15-6-4-7-17(24)12-15)20(25)14-8-10-16(23)11-9-14/h4,6-12,18,20H,3,5,13H2,1-2H3,(H,27,28)/t18-,20+,22-/m1/s1. The molecule has 154 valence electrons. The van der Waals surface area contributed by atoms with Gasteiger partial charge in [-0.2, -0.15) is 0 Å². The number of amides is 1. The molecule has 0 unspecified atom stereocenters. The molecule has 0 aromatic heterocycles. The summed E-state index contributed by atoms with van der Waals surface area (Å²) in [4.78, 5) is 26.5. The second-order valence-electron chi connectivity index (χ2n) is 7.30. The van der Waals surface area contributed by atoms with Crippen molar-refractivity contribution in [3.05, 3.63) is 69.7 Å². The Bertz CT molecular complexity index is 902. The highest BCUT2D eigenvalue weighted by atomic mass is 35.5. The van der Waals surface area contributed by atoms with Gasteiger partial charge >= 0.3 is 5.97 Å². The lowest BCUT2D eigenvalue weighted by Crippen LogP contribution is -2.58. The molecule has 0 radical (unpaired) electrons. The highest BCUT2D eigenvalue weighted by Gasteiger charge is 2.51. The van der Waals surface area contributed by atoms with Crippen LogP contribution in [0.15, 0.2) is 48.5 Å². The first-order chi connectivity index (χ1) is 13.8. The number of carboxylic acids is 1. The minimum absolute atomic E-state index is 0.208. The Morgan fingerprint density at radius 2 is 1.93 bits per heavy atom. The first-order valence-electron chi connectivity index (χ1n) is 9.47. The van der Waals surface area contributed by atoms with Crippen LogP contribution in [0.5, 0.6) is 0 Å². The number of hydrogen-bond acceptors (Lipinski definition) is 3. The number of aliphatic carboxylic acids is 1. The molecule has 29 heavy (non-hydrogen) atoms. The number of carbonyl (C=O) groups is 2. The van der Waals surface area contributed by atoms with Gasteiger partial charge in [-0.15, -0.1) is 0 Å². The number of halogens is 2. The predicted molar refractivity (Wildman–Crippen MR) is 112 cm³/mol. The van der Waals surface area contributed by atoms with Crippen LogP contribution in [0.1, 0.15) is 43.9 Å². The second kappa shape index (κ2) is 8.74. The number of rotatable bonds is 6. The molecule has 3 rings (SSSR count). The molecule has 1 aliphatic heterocycles. The Labute approximate surface area is 180 Å². The Balaban J connectivity index is 2.21. The van der Waals surface area contributed by atoms with Gasteiger partial charge in [-0.3, -0.25) is 4.79 Å². The molecule has 1 heterocycles. The summed E-state index contributed by atoms with van der Waals surface area (Å²) in [5, 5.41) is 11.0. The van der Waals surface area contributed by atoms with Crippen molar-refractivity contribution in [2.24, 2.45) is 0 Å². The Morgan fingerprint density at radius 1 is 1.24 bits per heavy atom. The second-order valence-corrected chi connectivity index (χ2v) is 8.18. The maximum Gasteiger partial charge on any atom is 0.326 e. The fourth-order valence-electron chi connectivity index (χ4n) is 3.95. The number of carbonyl (C=O) groups excluding carboxylic acids is 1. The minimum atomic E-state index is -1.03. The fourth-order valence-corrected chi connectivity index (χ4v) is 4.26. The van der Waals surface area contributed by atoms with E-state index in [4.69, 9.17) is 27.9 Å². The van der Waals surface area contributed by atoms with Crippen molar-refractivity contribution in [1.82, 2.24) is 4.90 Å². The number of benzene rings is 2. The summed E-state index contributed by atoms with van der Waals surface area (Å²) in [6, 6.07) is 12.7. The number of ether oxygens (including phenoxy) is 1. The van der Waals surface area contributed by atoms with Crippen LogP contribution in [0.25, 0.3) is 0 Å². The molecule has 1 saturated heterocycles. The van der Waals surface area contributed by atoms with Crippen LogP contribution in [-0.2, 0) is 19.9 Å². The third-order valence-corrected chi connectivity index (χ3v) is 5.84. The summed E-state index contributed by atoms with van der Waals surface area (Å²) in [5.74, 6) is -1.39. The maximum atomic E-state index is 12.9. The molecule has 3 atom stereocenters. The molecule has 1 amide bonds. The van der Waals surface area contributed by atoms with E-state index in [9.17, 15) is 14.7 Å². The van der Waals surface area contributed by atoms with Crippen molar-refractivity contribution in [2.45, 2.75) is 44.4 Å². The molecule has 1 N–H and O–H groups in total. The van der Waals surface area contributed by atoms with Gasteiger partial charge in [0.05, 0.1) is 6.04 Å². The van der Waals surface area contributed by atoms with E-state index in [2.05, 4.69) is 0 Å². The van der Waals surface area contributed by atoms with Crippen molar-refractivity contribution in [3.63, 3.8) is 0 Å². The third-order valence-electron chi connectivity index (χ3n) is 5.35. The number of carboxylic acid groups (broad SMARTS) is 1. The van der Waals surface area contributed by atoms with Gasteiger partial charge in [0.1, 0.15) is 18.2 Å². The molecular formula is C22H23Cl2NO4. The summed E-state index contributed by atoms with van der Waals surface area (Å²) in [6.45, 7) is 3.55. The highest BCUT2D eigenvalue weighted by Crippen LogP contribution is 2.47. The van der Waals surface area contributed by atoms with Crippen molar-refractivity contribution in [2.75, 3.05) is 6.61 Å². The van der Waals surface area contributed by atoms with Crippen LogP contribution < -0.4 is 0 Å². The van der Waals surface area contributed by atoms with Crippen LogP contribution in [-0.4, -0.2) is 34.5 Å². The van der Waals surface area contributed by atoms with E-state index in [1.54, 1.807) is 36.4 Å². The largest absolute Gasteiger partial charge is 0.480 e. The van der Waals surface area contributed by atoms with Gasteiger partial charge in [0.2, 0.25) is 5.91 Å². The van der Waals surface area contributed by atoms with Crippen molar-refractivity contribution >= 4 is 35.1 Å². The van der Waals surface area contributed by atoms with Crippen molar-refractivity contribution in [3.8, 4) is 0 Å². The molecule has 1 fully saturated rings. The Morgan fingerprint density at radius 3 is 2.52 bits per heavy atom. The van der Waals surface area contributed by atoms with Crippen LogP contribution in [0.4, 0.5) is 0 Å². The van der Waals surface area contributed by atoms with E-state index < -0.39 is 23.7 Å². The average molecular weight is 436 g/mol. The van der Waals surface area contributed by atoms with Gasteiger partial charge in [0.15, 0.2) is 0 Å². The summed E-state index contributed by atoms with van der Waals surface area (Å²) in [6.07, 6.45) is 0.972. The van der Waals surface area contributed by atoms with Gasteiger partial charge in [0.25, 0.3) is 0 Å². The molecule has 0 bridgehead atoms. The quantitative estimate of drug-likeness (QED) is 0.687. The van der Waals surface area contributed by atoms with Gasteiger partial charge < -0.3 is 14.7 Å². The Kier molecular flexibility index (Phi) is 6.52. The Hall–Kier alpha value is -2.08. The van der Waals surface area contributed by atoms with Crippen LogP contribution in [0.3, 0.4) is 0 Å². The fraction of sp³-hybridized carbons (Fsp3) is 0.364. The number of hydrogen-bond donors (Lipinski definition) is 1. The zero-order valence-corrected chi connectivity index (χ0v) is 17.8. The summed E-state index contributed by atoms with van der Waals surface area (Å²) in [5.41, 5.74) is 0.518. The molecule has 5 nitrogen and oxygen atoms in total. The minimum Gasteiger partial charge on any atom is -0.480 e. The van der Waals surface area contributed by atoms with E-state index >= 15 is 0 Å². The summed E-state index contributed by atoms with van der Waals surface area (Å²) in [7, 11) is 0. The molecular weight excluding hydrogens is 413 g/mol. The lowest BCUT2D eigenvalue weighted by molar-refractivity contribution is -0.189. The van der Waals surface area contributed by atoms with Gasteiger partial charge in [0, 0.05) is 10.0 Å². The number of nitrogens with zero attached hydrogens (tertiary/aromatic N) is 1. The lowest BCUT2D eigenvalue weighted by atomic mass is 9.80. The molecule has 0 spiro atoms. The molecule has 7 heteroatoms. The van der Waals surface area contributed by atoms with Gasteiger partial charge in [-0.05, 0) is 48.7 Å². The van der Waals surface area contributed by atoms with Crippen molar-refractivity contribution in [1.29, 1.82) is 0 Å². The summed E-state index contributed by atoms with van der Waals surface area (Å²) < 4.78 is 6.08. The number of morpholine rings is 1. The van der Waals surface area contributed by atoms with Crippen LogP contribution in [0, 0.1) is 0 Å². The van der Waals surface area contributed by atoms with Crippen LogP contribution in [0.2, 0.25) is 10.0 Å². The first kappa shape index (κ1) is 21.6. The highest BCUT2D eigenvalue weighted by molar-refractivity contribution is 6.30. The van der Waals surface area contributed by atoms with Crippen LogP contribution >= 0.6 is 23.2 Å². The monoisotopic (exact) mass is 435 g/mol. The SMILES string of the molecule is CCC[C@H](C(=O)O)N1C(=O)CO[C@](C)(c2cccc(Cl)c2)[C@@H]1c1ccc(Cl)cc1. The first-order valence-corrected chi connectivity index (χ1v) is 10.2. The molecule has 2 aromatic rings. The zero-order chi connectivity index (χ0) is 21.2. The molecule has 0 aliphatic carbocycles. The predicted octanol–water partition coefficient (Wildman–Crippen LogP) is 5.06. The maximum absolute atomic E-state index is 12.9. The zero-order valence-electron chi connectivity index (χ0n) is 16.3. The van der Waals surface area contributed by atoms with E-state index in [0.717, 1.165) is 11.1 Å². The molecule has 1 aliphatic rings.